The van der Waals surface area contributed by atoms with E-state index < -0.39 is 6.04 Å². The third-order valence-electron chi connectivity index (χ3n) is 5.42. The minimum atomic E-state index is -0.543. The molecule has 2 aromatic carbocycles. The Labute approximate surface area is 170 Å². The zero-order valence-corrected chi connectivity index (χ0v) is 16.9. The summed E-state index contributed by atoms with van der Waals surface area (Å²) in [6.07, 6.45) is -0.132. The number of ether oxygens (including phenoxy) is 1. The van der Waals surface area contributed by atoms with Crippen LogP contribution in [0.1, 0.15) is 37.1 Å². The van der Waals surface area contributed by atoms with Crippen LogP contribution in [0.5, 0.6) is 0 Å². The topological polar surface area (TPSA) is 73.1 Å². The van der Waals surface area contributed by atoms with Crippen LogP contribution in [0, 0.1) is 6.92 Å². The molecule has 1 aliphatic rings. The lowest BCUT2D eigenvalue weighted by Crippen LogP contribution is -2.50. The lowest BCUT2D eigenvalue weighted by molar-refractivity contribution is -0.148. The standard InChI is InChI=1S/C22H25N5O2/c1-15-9-7-8-12-19(15)20-13-26(16(2)14-29-20)22(28)17(3)27-24-21(23-25-27)18-10-5-4-6-11-18/h4-12,16-17,20H,13-14H2,1-3H3. The number of morpholine rings is 1. The second-order valence-electron chi connectivity index (χ2n) is 7.49. The number of amides is 1. The molecule has 3 atom stereocenters. The van der Waals surface area contributed by atoms with Crippen molar-refractivity contribution in [3.05, 3.63) is 65.7 Å². The van der Waals surface area contributed by atoms with E-state index in [4.69, 9.17) is 4.74 Å². The Morgan fingerprint density at radius 2 is 1.86 bits per heavy atom. The average molecular weight is 391 g/mol. The fraction of sp³-hybridized carbons (Fsp3) is 0.364. The maximum Gasteiger partial charge on any atom is 0.249 e. The number of tetrazole rings is 1. The number of benzene rings is 2. The van der Waals surface area contributed by atoms with Crippen LogP contribution in [0.2, 0.25) is 0 Å². The van der Waals surface area contributed by atoms with E-state index in [1.165, 1.54) is 4.80 Å². The lowest BCUT2D eigenvalue weighted by Gasteiger charge is -2.39. The van der Waals surface area contributed by atoms with Gasteiger partial charge in [0, 0.05) is 5.56 Å². The minimum absolute atomic E-state index is 0.0117. The summed E-state index contributed by atoms with van der Waals surface area (Å²) < 4.78 is 6.04. The summed E-state index contributed by atoms with van der Waals surface area (Å²) in [5.74, 6) is 0.481. The van der Waals surface area contributed by atoms with Crippen LogP contribution < -0.4 is 0 Å². The molecule has 1 fully saturated rings. The first-order chi connectivity index (χ1) is 14.0. The van der Waals surface area contributed by atoms with E-state index >= 15 is 0 Å². The molecule has 150 valence electrons. The molecule has 0 radical (unpaired) electrons. The summed E-state index contributed by atoms with van der Waals surface area (Å²) >= 11 is 0. The second kappa shape index (κ2) is 8.13. The van der Waals surface area contributed by atoms with E-state index in [1.807, 2.05) is 61.2 Å². The van der Waals surface area contributed by atoms with Gasteiger partial charge in [0.1, 0.15) is 12.1 Å². The molecule has 3 aromatic rings. The number of carbonyl (C=O) groups is 1. The van der Waals surface area contributed by atoms with Crippen LogP contribution in [-0.4, -0.2) is 50.2 Å². The smallest absolute Gasteiger partial charge is 0.249 e. The monoisotopic (exact) mass is 391 g/mol. The fourth-order valence-electron chi connectivity index (χ4n) is 3.63. The first kappa shape index (κ1) is 19.3. The van der Waals surface area contributed by atoms with E-state index in [-0.39, 0.29) is 18.1 Å². The van der Waals surface area contributed by atoms with Gasteiger partial charge in [0.15, 0.2) is 0 Å². The number of hydrogen-bond acceptors (Lipinski definition) is 5. The van der Waals surface area contributed by atoms with Gasteiger partial charge in [0.2, 0.25) is 11.7 Å². The molecule has 1 aliphatic heterocycles. The van der Waals surface area contributed by atoms with Crippen LogP contribution >= 0.6 is 0 Å². The summed E-state index contributed by atoms with van der Waals surface area (Å²) in [6.45, 7) is 6.88. The maximum atomic E-state index is 13.3. The Bertz CT molecular complexity index is 988. The Hall–Kier alpha value is -3.06. The van der Waals surface area contributed by atoms with Crippen molar-refractivity contribution in [1.29, 1.82) is 0 Å². The molecule has 0 spiro atoms. The number of rotatable bonds is 4. The van der Waals surface area contributed by atoms with Crippen LogP contribution in [0.4, 0.5) is 0 Å². The van der Waals surface area contributed by atoms with Crippen LogP contribution in [0.3, 0.4) is 0 Å². The highest BCUT2D eigenvalue weighted by Crippen LogP contribution is 2.28. The zero-order valence-electron chi connectivity index (χ0n) is 16.9. The molecule has 3 unspecified atom stereocenters. The van der Waals surface area contributed by atoms with Gasteiger partial charge >= 0.3 is 0 Å². The number of nitrogens with zero attached hydrogens (tertiary/aromatic N) is 5. The lowest BCUT2D eigenvalue weighted by atomic mass is 10.0. The molecule has 7 heteroatoms. The second-order valence-corrected chi connectivity index (χ2v) is 7.49. The van der Waals surface area contributed by atoms with Crippen molar-refractivity contribution >= 4 is 5.91 Å². The van der Waals surface area contributed by atoms with Gasteiger partial charge in [-0.2, -0.15) is 4.80 Å². The normalized spacial score (nSPS) is 20.4. The minimum Gasteiger partial charge on any atom is -0.370 e. The van der Waals surface area contributed by atoms with Gasteiger partial charge in [0.05, 0.1) is 19.2 Å². The highest BCUT2D eigenvalue weighted by molar-refractivity contribution is 5.80. The van der Waals surface area contributed by atoms with E-state index in [0.29, 0.717) is 19.0 Å². The Morgan fingerprint density at radius 3 is 2.62 bits per heavy atom. The van der Waals surface area contributed by atoms with E-state index in [9.17, 15) is 4.79 Å². The third kappa shape index (κ3) is 3.91. The number of aromatic nitrogens is 4. The predicted molar refractivity (Wildman–Crippen MR) is 109 cm³/mol. The first-order valence-corrected chi connectivity index (χ1v) is 9.87. The Kier molecular flexibility index (Phi) is 5.40. The molecular weight excluding hydrogens is 366 g/mol. The summed E-state index contributed by atoms with van der Waals surface area (Å²) in [6, 6.07) is 17.2. The van der Waals surface area contributed by atoms with Gasteiger partial charge in [-0.05, 0) is 37.1 Å². The van der Waals surface area contributed by atoms with Gasteiger partial charge in [-0.3, -0.25) is 4.79 Å². The molecule has 0 saturated carbocycles. The molecule has 2 heterocycles. The Balaban J connectivity index is 1.52. The van der Waals surface area contributed by atoms with Crippen LogP contribution in [-0.2, 0) is 9.53 Å². The molecule has 1 saturated heterocycles. The summed E-state index contributed by atoms with van der Waals surface area (Å²) in [7, 11) is 0. The van der Waals surface area contributed by atoms with Gasteiger partial charge in [0.25, 0.3) is 0 Å². The van der Waals surface area contributed by atoms with Crippen molar-refractivity contribution in [2.24, 2.45) is 0 Å². The van der Waals surface area contributed by atoms with Crippen LogP contribution in [0.15, 0.2) is 54.6 Å². The van der Waals surface area contributed by atoms with Gasteiger partial charge < -0.3 is 9.64 Å². The number of aryl methyl sites for hydroxylation is 1. The molecule has 7 nitrogen and oxygen atoms in total. The maximum absolute atomic E-state index is 13.3. The van der Waals surface area contributed by atoms with E-state index in [2.05, 4.69) is 34.5 Å². The van der Waals surface area contributed by atoms with Gasteiger partial charge in [-0.1, -0.05) is 54.6 Å². The van der Waals surface area contributed by atoms with Crippen LogP contribution in [0.25, 0.3) is 11.4 Å². The highest BCUT2D eigenvalue weighted by Gasteiger charge is 2.34. The SMILES string of the molecule is Cc1ccccc1C1CN(C(=O)C(C)n2nnc(-c3ccccc3)n2)C(C)CO1. The molecule has 1 aromatic heterocycles. The molecule has 0 N–H and O–H groups in total. The molecule has 1 amide bonds. The summed E-state index contributed by atoms with van der Waals surface area (Å²) in [5.41, 5.74) is 3.16. The van der Waals surface area contributed by atoms with Crippen molar-refractivity contribution in [2.45, 2.75) is 39.0 Å². The first-order valence-electron chi connectivity index (χ1n) is 9.87. The quantitative estimate of drug-likeness (QED) is 0.683. The van der Waals surface area contributed by atoms with E-state index in [0.717, 1.165) is 16.7 Å². The van der Waals surface area contributed by atoms with Crippen molar-refractivity contribution in [3.63, 3.8) is 0 Å². The Morgan fingerprint density at radius 1 is 1.14 bits per heavy atom. The highest BCUT2D eigenvalue weighted by atomic mass is 16.5. The van der Waals surface area contributed by atoms with Crippen molar-refractivity contribution in [2.75, 3.05) is 13.2 Å². The fourth-order valence-corrected chi connectivity index (χ4v) is 3.63. The van der Waals surface area contributed by atoms with E-state index in [1.54, 1.807) is 0 Å². The summed E-state index contributed by atoms with van der Waals surface area (Å²) in [4.78, 5) is 16.5. The van der Waals surface area contributed by atoms with Gasteiger partial charge in [-0.25, -0.2) is 0 Å². The van der Waals surface area contributed by atoms with Crippen molar-refractivity contribution < 1.29 is 9.53 Å². The molecule has 0 aliphatic carbocycles. The summed E-state index contributed by atoms with van der Waals surface area (Å²) in [5, 5.41) is 12.7. The largest absolute Gasteiger partial charge is 0.370 e. The van der Waals surface area contributed by atoms with Crippen molar-refractivity contribution in [1.82, 2.24) is 25.1 Å². The molecular formula is C22H25N5O2. The molecule has 0 bridgehead atoms. The third-order valence-corrected chi connectivity index (χ3v) is 5.42. The van der Waals surface area contributed by atoms with Gasteiger partial charge in [-0.15, -0.1) is 10.2 Å². The number of carbonyl (C=O) groups excluding carboxylic acids is 1. The molecule has 29 heavy (non-hydrogen) atoms. The molecule has 4 rings (SSSR count). The predicted octanol–water partition coefficient (Wildman–Crippen LogP) is 3.20. The number of hydrogen-bond donors (Lipinski definition) is 0. The average Bonchev–Trinajstić information content (AvgIpc) is 3.24. The zero-order chi connectivity index (χ0) is 20.4. The van der Waals surface area contributed by atoms with Crippen molar-refractivity contribution in [3.8, 4) is 11.4 Å².